The number of imidazole rings is 1. The van der Waals surface area contributed by atoms with Gasteiger partial charge in [-0.05, 0) is 41.3 Å². The summed E-state index contributed by atoms with van der Waals surface area (Å²) in [5.74, 6) is 1.71. The lowest BCUT2D eigenvalue weighted by Crippen LogP contribution is -2.51. The maximum absolute atomic E-state index is 13.1. The molecule has 6 bridgehead atoms. The predicted octanol–water partition coefficient (Wildman–Crippen LogP) is 4.08. The van der Waals surface area contributed by atoms with E-state index in [1.54, 1.807) is 0 Å². The fraction of sp³-hybridized carbons (Fsp3) is 0.231. The number of ether oxygens (including phenoxy) is 1. The summed E-state index contributed by atoms with van der Waals surface area (Å²) >= 11 is 0. The third-order valence-corrected chi connectivity index (χ3v) is 6.40. The SMILES string of the molecule is O=C1CN2CCN1c1cccc3ccc(cc13)Oc1cccc(c1)Cc1cncn1CC2. The van der Waals surface area contributed by atoms with Crippen molar-refractivity contribution in [2.45, 2.75) is 13.0 Å². The number of hydrogen-bond acceptors (Lipinski definition) is 4. The minimum absolute atomic E-state index is 0.136. The van der Waals surface area contributed by atoms with Gasteiger partial charge in [0.05, 0.1) is 18.6 Å². The highest BCUT2D eigenvalue weighted by Crippen LogP contribution is 2.33. The summed E-state index contributed by atoms with van der Waals surface area (Å²) in [6.07, 6.45) is 4.59. The lowest BCUT2D eigenvalue weighted by Gasteiger charge is -2.35. The Balaban J connectivity index is 1.45. The van der Waals surface area contributed by atoms with Crippen LogP contribution in [0, 0.1) is 0 Å². The summed E-state index contributed by atoms with van der Waals surface area (Å²) in [5, 5.41) is 2.14. The van der Waals surface area contributed by atoms with Crippen LogP contribution in [0.1, 0.15) is 11.3 Å². The number of piperazine rings is 1. The van der Waals surface area contributed by atoms with Gasteiger partial charge in [-0.1, -0.05) is 30.3 Å². The highest BCUT2D eigenvalue weighted by molar-refractivity contribution is 6.05. The number of carbonyl (C=O) groups excluding carboxylic acids is 1. The van der Waals surface area contributed by atoms with Crippen LogP contribution in [0.15, 0.2) is 73.2 Å². The van der Waals surface area contributed by atoms with Gasteiger partial charge in [0.15, 0.2) is 0 Å². The second-order valence-electron chi connectivity index (χ2n) is 8.49. The molecule has 6 nitrogen and oxygen atoms in total. The third-order valence-electron chi connectivity index (χ3n) is 6.40. The van der Waals surface area contributed by atoms with Gasteiger partial charge < -0.3 is 14.2 Å². The van der Waals surface area contributed by atoms with Crippen molar-refractivity contribution in [3.8, 4) is 11.5 Å². The quantitative estimate of drug-likeness (QED) is 0.427. The number of benzene rings is 3. The topological polar surface area (TPSA) is 50.6 Å². The summed E-state index contributed by atoms with van der Waals surface area (Å²) in [7, 11) is 0. The zero-order chi connectivity index (χ0) is 21.5. The number of carbonyl (C=O) groups is 1. The summed E-state index contributed by atoms with van der Waals surface area (Å²) < 4.78 is 8.43. The Morgan fingerprint density at radius 2 is 1.75 bits per heavy atom. The molecule has 1 saturated heterocycles. The van der Waals surface area contributed by atoms with Crippen LogP contribution in [0.4, 0.5) is 5.69 Å². The normalized spacial score (nSPS) is 18.4. The van der Waals surface area contributed by atoms with Gasteiger partial charge in [0.25, 0.3) is 0 Å². The van der Waals surface area contributed by atoms with Crippen molar-refractivity contribution in [3.63, 3.8) is 0 Å². The predicted molar refractivity (Wildman–Crippen MR) is 124 cm³/mol. The summed E-state index contributed by atoms with van der Waals surface area (Å²) in [4.78, 5) is 21.6. The molecular formula is C26H24N4O2. The Morgan fingerprint density at radius 3 is 2.69 bits per heavy atom. The number of nitrogens with zero attached hydrogens (tertiary/aromatic N) is 4. The second-order valence-corrected chi connectivity index (χ2v) is 8.49. The van der Waals surface area contributed by atoms with Crippen molar-refractivity contribution >= 4 is 22.4 Å². The van der Waals surface area contributed by atoms with Gasteiger partial charge in [0.1, 0.15) is 11.5 Å². The lowest BCUT2D eigenvalue weighted by molar-refractivity contribution is -0.121. The summed E-state index contributed by atoms with van der Waals surface area (Å²) in [6.45, 7) is 3.60. The summed E-state index contributed by atoms with van der Waals surface area (Å²) in [5.41, 5.74) is 3.29. The molecule has 4 heterocycles. The standard InChI is InChI=1S/C26H24N4O2/c31-26-17-28-9-11-29-18-27-16-21(29)13-19-3-1-5-22(14-19)32-23-8-7-20-4-2-6-25(24(20)15-23)30(26)12-10-28/h1-8,14-16,18H,9-13,17H2. The van der Waals surface area contributed by atoms with Crippen molar-refractivity contribution in [2.24, 2.45) is 0 Å². The molecule has 0 N–H and O–H groups in total. The fourth-order valence-corrected chi connectivity index (χ4v) is 4.71. The van der Waals surface area contributed by atoms with Crippen molar-refractivity contribution in [1.82, 2.24) is 14.5 Å². The molecule has 0 saturated carbocycles. The van der Waals surface area contributed by atoms with Crippen LogP contribution in [-0.2, 0) is 17.8 Å². The van der Waals surface area contributed by atoms with Crippen molar-refractivity contribution < 1.29 is 9.53 Å². The van der Waals surface area contributed by atoms with Crippen molar-refractivity contribution in [3.05, 3.63) is 84.4 Å². The Bertz CT molecular complexity index is 1310. The first-order chi connectivity index (χ1) is 15.7. The lowest BCUT2D eigenvalue weighted by atomic mass is 10.1. The van der Waals surface area contributed by atoms with Crippen LogP contribution in [-0.4, -0.2) is 46.5 Å². The fourth-order valence-electron chi connectivity index (χ4n) is 4.71. The van der Waals surface area contributed by atoms with E-state index < -0.39 is 0 Å². The van der Waals surface area contributed by atoms with E-state index >= 15 is 0 Å². The molecule has 7 rings (SSSR count). The van der Waals surface area contributed by atoms with Crippen LogP contribution in [0.3, 0.4) is 0 Å². The highest BCUT2D eigenvalue weighted by atomic mass is 16.5. The van der Waals surface area contributed by atoms with E-state index in [2.05, 4.69) is 38.7 Å². The van der Waals surface area contributed by atoms with Crippen molar-refractivity contribution in [2.75, 3.05) is 31.1 Å². The molecule has 1 amide bonds. The highest BCUT2D eigenvalue weighted by Gasteiger charge is 2.26. The Morgan fingerprint density at radius 1 is 0.875 bits per heavy atom. The number of rotatable bonds is 0. The van der Waals surface area contributed by atoms with Crippen LogP contribution in [0.2, 0.25) is 0 Å². The van der Waals surface area contributed by atoms with E-state index in [9.17, 15) is 4.79 Å². The van der Waals surface area contributed by atoms with Gasteiger partial charge in [0, 0.05) is 49.9 Å². The first-order valence-electron chi connectivity index (χ1n) is 11.0. The Hall–Kier alpha value is -3.64. The van der Waals surface area contributed by atoms with Gasteiger partial charge in [-0.25, -0.2) is 4.98 Å². The monoisotopic (exact) mass is 424 g/mol. The molecule has 3 aliphatic heterocycles. The Labute approximate surface area is 186 Å². The molecule has 0 spiro atoms. The number of anilines is 1. The maximum atomic E-state index is 13.1. The molecule has 1 aromatic heterocycles. The van der Waals surface area contributed by atoms with Crippen LogP contribution in [0.25, 0.3) is 10.8 Å². The van der Waals surface area contributed by atoms with Gasteiger partial charge in [0.2, 0.25) is 5.91 Å². The average molecular weight is 425 g/mol. The third kappa shape index (κ3) is 3.52. The number of fused-ring (bicyclic) bond motifs is 3. The minimum Gasteiger partial charge on any atom is -0.457 e. The van der Waals surface area contributed by atoms with E-state index in [-0.39, 0.29) is 5.91 Å². The van der Waals surface area contributed by atoms with E-state index in [0.29, 0.717) is 13.1 Å². The minimum atomic E-state index is 0.136. The second kappa shape index (κ2) is 7.80. The molecule has 3 aliphatic rings. The molecule has 4 aromatic rings. The van der Waals surface area contributed by atoms with E-state index in [1.165, 1.54) is 5.56 Å². The number of aromatic nitrogens is 2. The maximum Gasteiger partial charge on any atom is 0.241 e. The van der Waals surface area contributed by atoms with E-state index in [0.717, 1.165) is 59.7 Å². The molecule has 160 valence electrons. The van der Waals surface area contributed by atoms with Crippen LogP contribution in [0.5, 0.6) is 11.5 Å². The number of amides is 1. The van der Waals surface area contributed by atoms with Crippen LogP contribution < -0.4 is 9.64 Å². The first-order valence-corrected chi connectivity index (χ1v) is 11.0. The van der Waals surface area contributed by atoms with Crippen LogP contribution >= 0.6 is 0 Å². The smallest absolute Gasteiger partial charge is 0.241 e. The van der Waals surface area contributed by atoms with Gasteiger partial charge in [-0.3, -0.25) is 9.69 Å². The average Bonchev–Trinajstić information content (AvgIpc) is 3.24. The molecule has 6 heteroatoms. The zero-order valence-corrected chi connectivity index (χ0v) is 17.8. The molecule has 1 unspecified atom stereocenters. The van der Waals surface area contributed by atoms with Gasteiger partial charge in [-0.2, -0.15) is 0 Å². The molecule has 0 aliphatic carbocycles. The molecule has 32 heavy (non-hydrogen) atoms. The molecule has 0 radical (unpaired) electrons. The molecule has 3 aromatic carbocycles. The molecule has 1 atom stereocenters. The van der Waals surface area contributed by atoms with Crippen molar-refractivity contribution in [1.29, 1.82) is 0 Å². The number of hydrogen-bond donors (Lipinski definition) is 0. The van der Waals surface area contributed by atoms with E-state index in [1.807, 2.05) is 53.8 Å². The zero-order valence-electron chi connectivity index (χ0n) is 17.8. The molecule has 1 fully saturated rings. The first kappa shape index (κ1) is 19.1. The van der Waals surface area contributed by atoms with Gasteiger partial charge >= 0.3 is 0 Å². The van der Waals surface area contributed by atoms with E-state index in [4.69, 9.17) is 4.74 Å². The molecular weight excluding hydrogens is 400 g/mol. The Kier molecular flexibility index (Phi) is 4.65. The largest absolute Gasteiger partial charge is 0.457 e. The van der Waals surface area contributed by atoms with Gasteiger partial charge in [-0.15, -0.1) is 0 Å². The summed E-state index contributed by atoms with van der Waals surface area (Å²) in [6, 6.07) is 20.4.